The van der Waals surface area contributed by atoms with Crippen molar-refractivity contribution in [3.63, 3.8) is 0 Å². The average molecular weight is 380 g/mol. The Kier molecular flexibility index (Phi) is 6.05. The third kappa shape index (κ3) is 4.49. The number of halogens is 1. The molecule has 2 heterocycles. The smallest absolute Gasteiger partial charge is 0.253 e. The van der Waals surface area contributed by atoms with Crippen LogP contribution >= 0.6 is 12.2 Å². The molecule has 26 heavy (non-hydrogen) atoms. The summed E-state index contributed by atoms with van der Waals surface area (Å²) in [5.41, 5.74) is 1.28. The lowest BCUT2D eigenvalue weighted by atomic mass is 10.0. The molecule has 1 amide bonds. The number of ether oxygens (including phenoxy) is 1. The molecule has 1 unspecified atom stereocenters. The Balaban J connectivity index is 1.74. The molecule has 0 saturated carbocycles. The van der Waals surface area contributed by atoms with Gasteiger partial charge in [0, 0.05) is 25.7 Å². The van der Waals surface area contributed by atoms with Crippen molar-refractivity contribution < 1.29 is 13.9 Å². The van der Waals surface area contributed by atoms with Crippen LogP contribution in [0.4, 0.5) is 4.39 Å². The Morgan fingerprint density at radius 3 is 2.77 bits per heavy atom. The third-order valence-electron chi connectivity index (χ3n) is 4.64. The van der Waals surface area contributed by atoms with E-state index in [4.69, 9.17) is 17.0 Å². The van der Waals surface area contributed by atoms with Crippen LogP contribution < -0.4 is 5.32 Å². The predicted molar refractivity (Wildman–Crippen MR) is 101 cm³/mol. The Hall–Kier alpha value is -1.77. The molecule has 1 fully saturated rings. The monoisotopic (exact) mass is 380 g/mol. The van der Waals surface area contributed by atoms with Gasteiger partial charge in [-0.05, 0) is 36.7 Å². The second-order valence-corrected chi connectivity index (χ2v) is 7.51. The number of nitrogens with one attached hydrogen (secondary N) is 3. The quantitative estimate of drug-likeness (QED) is 0.674. The number of aromatic amines is 2. The number of hydrogen-bond acceptors (Lipinski definition) is 4. The van der Waals surface area contributed by atoms with Gasteiger partial charge >= 0.3 is 0 Å². The summed E-state index contributed by atoms with van der Waals surface area (Å²) in [7, 11) is 0. The van der Waals surface area contributed by atoms with Crippen LogP contribution in [0.15, 0.2) is 12.1 Å². The van der Waals surface area contributed by atoms with Gasteiger partial charge in [0.1, 0.15) is 5.82 Å². The molecule has 1 saturated heterocycles. The summed E-state index contributed by atoms with van der Waals surface area (Å²) in [6.07, 6.45) is 0.978. The summed E-state index contributed by atoms with van der Waals surface area (Å²) in [4.78, 5) is 20.8. The van der Waals surface area contributed by atoms with Crippen LogP contribution in [-0.2, 0) is 4.74 Å². The van der Waals surface area contributed by atoms with E-state index in [1.54, 1.807) is 0 Å². The van der Waals surface area contributed by atoms with Gasteiger partial charge in [0.05, 0.1) is 29.8 Å². The lowest BCUT2D eigenvalue weighted by Gasteiger charge is -2.35. The zero-order valence-corrected chi connectivity index (χ0v) is 15.9. The van der Waals surface area contributed by atoms with Crippen LogP contribution in [0.2, 0.25) is 0 Å². The number of fused-ring (bicyclic) bond motifs is 1. The fourth-order valence-electron chi connectivity index (χ4n) is 3.44. The maximum Gasteiger partial charge on any atom is 0.253 e. The highest BCUT2D eigenvalue weighted by Gasteiger charge is 2.23. The molecule has 0 radical (unpaired) electrons. The first-order chi connectivity index (χ1) is 12.4. The third-order valence-corrected chi connectivity index (χ3v) is 4.84. The number of rotatable bonds is 6. The molecule has 1 aromatic carbocycles. The zero-order chi connectivity index (χ0) is 18.7. The van der Waals surface area contributed by atoms with E-state index in [0.29, 0.717) is 41.5 Å². The number of morpholine rings is 1. The molecule has 6 nitrogen and oxygen atoms in total. The van der Waals surface area contributed by atoms with Crippen molar-refractivity contribution in [2.75, 3.05) is 32.8 Å². The molecule has 0 spiro atoms. The average Bonchev–Trinajstić information content (AvgIpc) is 2.97. The van der Waals surface area contributed by atoms with Crippen LogP contribution in [0.5, 0.6) is 0 Å². The fraction of sp³-hybridized carbons (Fsp3) is 0.556. The van der Waals surface area contributed by atoms with E-state index in [9.17, 15) is 9.18 Å². The molecule has 3 N–H and O–H groups in total. The number of nitrogens with zero attached hydrogens (tertiary/aromatic N) is 1. The van der Waals surface area contributed by atoms with E-state index in [1.165, 1.54) is 12.1 Å². The minimum Gasteiger partial charge on any atom is -0.379 e. The molecule has 3 rings (SSSR count). The molecular formula is C18H25FN4O2S. The van der Waals surface area contributed by atoms with E-state index >= 15 is 0 Å². The largest absolute Gasteiger partial charge is 0.379 e. The van der Waals surface area contributed by atoms with Crippen LogP contribution in [0.3, 0.4) is 0 Å². The first kappa shape index (κ1) is 19.0. The van der Waals surface area contributed by atoms with Crippen molar-refractivity contribution >= 4 is 29.2 Å². The fourth-order valence-corrected chi connectivity index (χ4v) is 3.65. The molecule has 142 valence electrons. The highest BCUT2D eigenvalue weighted by atomic mass is 32.1. The van der Waals surface area contributed by atoms with Gasteiger partial charge in [-0.3, -0.25) is 9.69 Å². The minimum atomic E-state index is -0.472. The maximum absolute atomic E-state index is 13.9. The van der Waals surface area contributed by atoms with Gasteiger partial charge in [0.15, 0.2) is 4.77 Å². The summed E-state index contributed by atoms with van der Waals surface area (Å²) in [6, 6.07) is 2.80. The number of H-pyrrole nitrogens is 2. The van der Waals surface area contributed by atoms with Gasteiger partial charge in [0.25, 0.3) is 5.91 Å². The number of amides is 1. The van der Waals surface area contributed by atoms with Gasteiger partial charge < -0.3 is 20.0 Å². The lowest BCUT2D eigenvalue weighted by molar-refractivity contribution is 0.0124. The van der Waals surface area contributed by atoms with E-state index in [0.717, 1.165) is 19.5 Å². The Morgan fingerprint density at radius 1 is 1.35 bits per heavy atom. The minimum absolute atomic E-state index is 0.233. The number of hydrogen-bond donors (Lipinski definition) is 3. The number of carbonyl (C=O) groups excluding carboxylic acids is 1. The molecular weight excluding hydrogens is 355 g/mol. The van der Waals surface area contributed by atoms with E-state index in [-0.39, 0.29) is 17.5 Å². The molecule has 1 aliphatic rings. The molecule has 2 aromatic rings. The predicted octanol–water partition coefficient (Wildman–Crippen LogP) is 2.84. The number of aromatic nitrogens is 2. The zero-order valence-electron chi connectivity index (χ0n) is 15.1. The summed E-state index contributed by atoms with van der Waals surface area (Å²) in [6.45, 7) is 8.02. The van der Waals surface area contributed by atoms with Gasteiger partial charge in [-0.1, -0.05) is 13.8 Å². The van der Waals surface area contributed by atoms with Crippen LogP contribution in [0.25, 0.3) is 11.0 Å². The van der Waals surface area contributed by atoms with Gasteiger partial charge in [-0.25, -0.2) is 4.39 Å². The Labute approximate surface area is 157 Å². The number of imidazole rings is 1. The Bertz CT molecular complexity index is 826. The lowest BCUT2D eigenvalue weighted by Crippen LogP contribution is -2.49. The van der Waals surface area contributed by atoms with Crippen molar-refractivity contribution in [3.05, 3.63) is 28.3 Å². The Morgan fingerprint density at radius 2 is 2.08 bits per heavy atom. The highest BCUT2D eigenvalue weighted by molar-refractivity contribution is 7.71. The summed E-state index contributed by atoms with van der Waals surface area (Å²) >= 11 is 5.06. The number of benzene rings is 1. The van der Waals surface area contributed by atoms with Crippen LogP contribution in [-0.4, -0.2) is 59.7 Å². The molecule has 0 aliphatic carbocycles. The highest BCUT2D eigenvalue weighted by Crippen LogP contribution is 2.18. The van der Waals surface area contributed by atoms with Crippen molar-refractivity contribution in [2.24, 2.45) is 5.92 Å². The summed E-state index contributed by atoms with van der Waals surface area (Å²) in [5.74, 6) is -0.261. The summed E-state index contributed by atoms with van der Waals surface area (Å²) in [5, 5.41) is 2.97. The van der Waals surface area contributed by atoms with E-state index in [1.807, 2.05) is 0 Å². The summed E-state index contributed by atoms with van der Waals surface area (Å²) < 4.78 is 19.7. The SMILES string of the molecule is CC(C)CC(CNC(=O)c1cc(F)cc2[nH]c(=S)[nH]c12)N1CCOCC1. The van der Waals surface area contributed by atoms with Crippen LogP contribution in [0.1, 0.15) is 30.6 Å². The molecule has 1 atom stereocenters. The topological polar surface area (TPSA) is 73.2 Å². The van der Waals surface area contributed by atoms with Crippen molar-refractivity contribution in [1.82, 2.24) is 20.2 Å². The normalized spacial score (nSPS) is 16.9. The molecule has 0 bridgehead atoms. The number of carbonyl (C=O) groups is 1. The molecule has 1 aliphatic heterocycles. The van der Waals surface area contributed by atoms with Gasteiger partial charge in [-0.15, -0.1) is 0 Å². The molecule has 8 heteroatoms. The van der Waals surface area contributed by atoms with E-state index < -0.39 is 5.82 Å². The van der Waals surface area contributed by atoms with Crippen LogP contribution in [0, 0.1) is 16.5 Å². The molecule has 1 aromatic heterocycles. The maximum atomic E-state index is 13.9. The van der Waals surface area contributed by atoms with Gasteiger partial charge in [-0.2, -0.15) is 0 Å². The van der Waals surface area contributed by atoms with Crippen molar-refractivity contribution in [2.45, 2.75) is 26.3 Å². The second-order valence-electron chi connectivity index (χ2n) is 7.10. The van der Waals surface area contributed by atoms with Crippen molar-refractivity contribution in [3.8, 4) is 0 Å². The first-order valence-corrected chi connectivity index (χ1v) is 9.36. The van der Waals surface area contributed by atoms with E-state index in [2.05, 4.69) is 34.0 Å². The van der Waals surface area contributed by atoms with Gasteiger partial charge in [0.2, 0.25) is 0 Å². The first-order valence-electron chi connectivity index (χ1n) is 8.95. The standard InChI is InChI=1S/C18H25FN4O2S/c1-11(2)7-13(23-3-5-25-6-4-23)10-20-17(24)14-8-12(19)9-15-16(14)22-18(26)21-15/h8-9,11,13H,3-7,10H2,1-2H3,(H,20,24)(H2,21,22,26). The van der Waals surface area contributed by atoms with Crippen molar-refractivity contribution in [1.29, 1.82) is 0 Å². The second kappa shape index (κ2) is 8.28.